The Hall–Kier alpha value is 0.960. The van der Waals surface area contributed by atoms with E-state index in [1.807, 2.05) is 20.8 Å². The van der Waals surface area contributed by atoms with Crippen LogP contribution in [0.4, 0.5) is 0 Å². The summed E-state index contributed by atoms with van der Waals surface area (Å²) in [7, 11) is 0. The van der Waals surface area contributed by atoms with E-state index in [0.717, 1.165) is 0 Å². The molecule has 0 aliphatic heterocycles. The van der Waals surface area contributed by atoms with Gasteiger partial charge in [-0.3, -0.25) is 0 Å². The van der Waals surface area contributed by atoms with Gasteiger partial charge in [0.15, 0.2) is 0 Å². The SMILES string of the molecule is CC(C)C(C)P(O)(=S)S. The van der Waals surface area contributed by atoms with Crippen LogP contribution in [0.3, 0.4) is 0 Å². The summed E-state index contributed by atoms with van der Waals surface area (Å²) in [5.74, 6) is 0.429. The minimum atomic E-state index is -2.29. The van der Waals surface area contributed by atoms with Crippen molar-refractivity contribution in [3.05, 3.63) is 0 Å². The van der Waals surface area contributed by atoms with Gasteiger partial charge < -0.3 is 4.89 Å². The van der Waals surface area contributed by atoms with Gasteiger partial charge in [0, 0.05) is 5.66 Å². The molecule has 0 heterocycles. The van der Waals surface area contributed by atoms with E-state index in [0.29, 0.717) is 5.92 Å². The Labute approximate surface area is 67.1 Å². The van der Waals surface area contributed by atoms with Crippen molar-refractivity contribution in [3.8, 4) is 0 Å². The van der Waals surface area contributed by atoms with Crippen LogP contribution >= 0.6 is 17.7 Å². The number of hydrogen-bond acceptors (Lipinski definition) is 1. The maximum Gasteiger partial charge on any atom is 0.116 e. The van der Waals surface area contributed by atoms with Crippen LogP contribution in [0.15, 0.2) is 0 Å². The van der Waals surface area contributed by atoms with Gasteiger partial charge in [-0.05, 0) is 5.92 Å². The predicted molar refractivity (Wildman–Crippen MR) is 49.8 cm³/mol. The minimum absolute atomic E-state index is 0.163. The van der Waals surface area contributed by atoms with Crippen molar-refractivity contribution in [2.75, 3.05) is 0 Å². The summed E-state index contributed by atoms with van der Waals surface area (Å²) in [6.45, 7) is 6.02. The molecule has 0 saturated heterocycles. The zero-order valence-corrected chi connectivity index (χ0v) is 8.51. The summed E-state index contributed by atoms with van der Waals surface area (Å²) in [6, 6.07) is 0. The lowest BCUT2D eigenvalue weighted by molar-refractivity contribution is 0.568. The molecule has 0 aromatic heterocycles. The third kappa shape index (κ3) is 3.61. The fourth-order valence-electron chi connectivity index (χ4n) is 0.388. The van der Waals surface area contributed by atoms with Gasteiger partial charge in [0.2, 0.25) is 0 Å². The standard InChI is InChI=1S/C5H13OPS2/c1-4(2)5(3)7(6,8)9/h4-5H,1-3H3,(H2,6,8,9). The Kier molecular flexibility index (Phi) is 3.74. The number of thiol groups is 1. The average molecular weight is 184 g/mol. The lowest BCUT2D eigenvalue weighted by Gasteiger charge is -2.20. The molecular weight excluding hydrogens is 171 g/mol. The van der Waals surface area contributed by atoms with Gasteiger partial charge in [-0.1, -0.05) is 32.6 Å². The molecule has 1 N–H and O–H groups in total. The summed E-state index contributed by atoms with van der Waals surface area (Å²) < 4.78 is 0. The normalized spacial score (nSPS) is 21.6. The Bertz CT molecular complexity index is 129. The van der Waals surface area contributed by atoms with E-state index in [1.54, 1.807) is 0 Å². The molecule has 0 saturated carbocycles. The van der Waals surface area contributed by atoms with Gasteiger partial charge in [0.1, 0.15) is 5.47 Å². The van der Waals surface area contributed by atoms with Gasteiger partial charge in [-0.15, -0.1) is 12.2 Å². The van der Waals surface area contributed by atoms with Crippen LogP contribution in [0.5, 0.6) is 0 Å². The Morgan fingerprint density at radius 2 is 1.78 bits per heavy atom. The van der Waals surface area contributed by atoms with Crippen molar-refractivity contribution in [2.24, 2.45) is 5.92 Å². The Balaban J connectivity index is 4.05. The van der Waals surface area contributed by atoms with E-state index in [4.69, 9.17) is 11.8 Å². The molecule has 0 aliphatic carbocycles. The first kappa shape index (κ1) is 9.96. The van der Waals surface area contributed by atoms with Crippen LogP contribution in [-0.4, -0.2) is 10.6 Å². The molecule has 0 amide bonds. The highest BCUT2D eigenvalue weighted by atomic mass is 32.9. The molecule has 0 bridgehead atoms. The van der Waals surface area contributed by atoms with Crippen molar-refractivity contribution in [2.45, 2.75) is 26.4 Å². The average Bonchev–Trinajstić information content (AvgIpc) is 1.62. The van der Waals surface area contributed by atoms with Crippen molar-refractivity contribution < 1.29 is 4.89 Å². The van der Waals surface area contributed by atoms with Crippen molar-refractivity contribution in [1.29, 1.82) is 0 Å². The highest BCUT2D eigenvalue weighted by Gasteiger charge is 2.19. The fraction of sp³-hybridized carbons (Fsp3) is 1.00. The summed E-state index contributed by atoms with van der Waals surface area (Å²) in [5, 5.41) is 0. The molecule has 0 aromatic rings. The van der Waals surface area contributed by atoms with Gasteiger partial charge in [-0.25, -0.2) is 0 Å². The smallest absolute Gasteiger partial charge is 0.116 e. The first-order valence-corrected chi connectivity index (χ1v) is 6.88. The van der Waals surface area contributed by atoms with Crippen LogP contribution in [0.2, 0.25) is 0 Å². The molecule has 2 atom stereocenters. The third-order valence-electron chi connectivity index (χ3n) is 1.50. The van der Waals surface area contributed by atoms with Crippen LogP contribution in [0, 0.1) is 5.92 Å². The second-order valence-corrected chi connectivity index (χ2v) is 8.88. The van der Waals surface area contributed by atoms with Crippen molar-refractivity contribution in [3.63, 3.8) is 0 Å². The second-order valence-electron chi connectivity index (χ2n) is 2.57. The summed E-state index contributed by atoms with van der Waals surface area (Å²) in [4.78, 5) is 9.25. The minimum Gasteiger partial charge on any atom is -0.357 e. The van der Waals surface area contributed by atoms with E-state index in [-0.39, 0.29) is 5.66 Å². The Morgan fingerprint density at radius 3 is 1.78 bits per heavy atom. The molecule has 0 aromatic carbocycles. The maximum atomic E-state index is 9.25. The van der Waals surface area contributed by atoms with E-state index < -0.39 is 5.47 Å². The first-order valence-electron chi connectivity index (χ1n) is 2.91. The largest absolute Gasteiger partial charge is 0.357 e. The van der Waals surface area contributed by atoms with Crippen LogP contribution in [0.1, 0.15) is 20.8 Å². The maximum absolute atomic E-state index is 9.25. The van der Waals surface area contributed by atoms with Crippen molar-refractivity contribution >= 4 is 29.5 Å². The Morgan fingerprint density at radius 1 is 1.44 bits per heavy atom. The summed E-state index contributed by atoms with van der Waals surface area (Å²) in [6.07, 6.45) is 0. The van der Waals surface area contributed by atoms with E-state index >= 15 is 0 Å². The highest BCUT2D eigenvalue weighted by molar-refractivity contribution is 8.61. The van der Waals surface area contributed by atoms with Crippen LogP contribution < -0.4 is 0 Å². The van der Waals surface area contributed by atoms with Gasteiger partial charge in [0.05, 0.1) is 0 Å². The topological polar surface area (TPSA) is 20.2 Å². The summed E-state index contributed by atoms with van der Waals surface area (Å²) >= 11 is 8.79. The second kappa shape index (κ2) is 3.38. The zero-order chi connectivity index (χ0) is 7.65. The van der Waals surface area contributed by atoms with Crippen LogP contribution in [-0.2, 0) is 11.8 Å². The van der Waals surface area contributed by atoms with Gasteiger partial charge in [0.25, 0.3) is 0 Å². The molecular formula is C5H13OPS2. The molecule has 9 heavy (non-hydrogen) atoms. The monoisotopic (exact) mass is 184 g/mol. The highest BCUT2D eigenvalue weighted by Crippen LogP contribution is 2.53. The van der Waals surface area contributed by atoms with Gasteiger partial charge in [-0.2, -0.15) is 0 Å². The van der Waals surface area contributed by atoms with Crippen LogP contribution in [0.25, 0.3) is 0 Å². The first-order chi connectivity index (χ1) is 3.85. The molecule has 1 nitrogen and oxygen atoms in total. The lowest BCUT2D eigenvalue weighted by Crippen LogP contribution is -2.07. The quantitative estimate of drug-likeness (QED) is 0.507. The van der Waals surface area contributed by atoms with Crippen molar-refractivity contribution in [1.82, 2.24) is 0 Å². The summed E-state index contributed by atoms with van der Waals surface area (Å²) in [5.41, 5.74) is -2.12. The molecule has 56 valence electrons. The van der Waals surface area contributed by atoms with E-state index in [1.165, 1.54) is 0 Å². The molecule has 0 aliphatic rings. The van der Waals surface area contributed by atoms with E-state index in [2.05, 4.69) is 12.2 Å². The molecule has 0 radical (unpaired) electrons. The molecule has 0 spiro atoms. The third-order valence-corrected chi connectivity index (χ3v) is 5.24. The molecule has 4 heteroatoms. The number of hydrogen-bond donors (Lipinski definition) is 2. The fourth-order valence-corrected chi connectivity index (χ4v) is 2.70. The molecule has 0 rings (SSSR count). The number of rotatable bonds is 2. The van der Waals surface area contributed by atoms with Gasteiger partial charge >= 0.3 is 0 Å². The predicted octanol–water partition coefficient (Wildman–Crippen LogP) is 2.26. The van der Waals surface area contributed by atoms with E-state index in [9.17, 15) is 4.89 Å². The lowest BCUT2D eigenvalue weighted by atomic mass is 10.2. The molecule has 0 fully saturated rings. The zero-order valence-electron chi connectivity index (χ0n) is 5.90. The molecule has 2 unspecified atom stereocenters.